The summed E-state index contributed by atoms with van der Waals surface area (Å²) in [5.41, 5.74) is 1.83. The highest BCUT2D eigenvalue weighted by Gasteiger charge is 2.37. The molecule has 2 aliphatic rings. The van der Waals surface area contributed by atoms with Crippen molar-refractivity contribution in [3.05, 3.63) is 30.3 Å². The van der Waals surface area contributed by atoms with E-state index in [1.165, 1.54) is 5.01 Å². The predicted molar refractivity (Wildman–Crippen MR) is 62.3 cm³/mol. The van der Waals surface area contributed by atoms with Crippen molar-refractivity contribution >= 4 is 17.3 Å². The van der Waals surface area contributed by atoms with E-state index in [-0.39, 0.29) is 11.8 Å². The molecule has 1 aromatic carbocycles. The molecule has 1 fully saturated rings. The van der Waals surface area contributed by atoms with Crippen LogP contribution < -0.4 is 10.3 Å². The number of fused-ring (bicyclic) bond motifs is 1. The molecule has 4 heteroatoms. The molecular formula is C12H13N3O. The van der Waals surface area contributed by atoms with Crippen molar-refractivity contribution in [3.8, 4) is 0 Å². The summed E-state index contributed by atoms with van der Waals surface area (Å²) >= 11 is 0. The number of amides is 1. The molecule has 2 aliphatic heterocycles. The lowest BCUT2D eigenvalue weighted by atomic mass is 9.96. The van der Waals surface area contributed by atoms with Gasteiger partial charge in [0.05, 0.1) is 17.3 Å². The average Bonchev–Trinajstić information content (AvgIpc) is 2.69. The third-order valence-electron chi connectivity index (χ3n) is 3.05. The highest BCUT2D eigenvalue weighted by molar-refractivity contribution is 6.16. The van der Waals surface area contributed by atoms with Gasteiger partial charge in [0.2, 0.25) is 0 Å². The van der Waals surface area contributed by atoms with E-state index >= 15 is 0 Å². The van der Waals surface area contributed by atoms with Gasteiger partial charge in [0.15, 0.2) is 0 Å². The molecule has 3 rings (SSSR count). The van der Waals surface area contributed by atoms with Gasteiger partial charge in [-0.25, -0.2) is 5.01 Å². The van der Waals surface area contributed by atoms with Gasteiger partial charge in [-0.2, -0.15) is 5.10 Å². The second kappa shape index (κ2) is 3.72. The largest absolute Gasteiger partial charge is 0.311 e. The van der Waals surface area contributed by atoms with Crippen molar-refractivity contribution in [2.75, 3.05) is 18.1 Å². The zero-order chi connectivity index (χ0) is 11.0. The lowest BCUT2D eigenvalue weighted by molar-refractivity contribution is -0.120. The summed E-state index contributed by atoms with van der Waals surface area (Å²) in [4.78, 5) is 12.1. The Labute approximate surface area is 93.9 Å². The summed E-state index contributed by atoms with van der Waals surface area (Å²) < 4.78 is 0. The molecule has 4 nitrogen and oxygen atoms in total. The lowest BCUT2D eigenvalue weighted by Gasteiger charge is -2.17. The molecule has 0 aliphatic carbocycles. The quantitative estimate of drug-likeness (QED) is 0.759. The van der Waals surface area contributed by atoms with E-state index in [2.05, 4.69) is 10.4 Å². The van der Waals surface area contributed by atoms with E-state index in [4.69, 9.17) is 0 Å². The molecule has 1 N–H and O–H groups in total. The normalized spacial score (nSPS) is 24.2. The highest BCUT2D eigenvalue weighted by Crippen LogP contribution is 2.26. The van der Waals surface area contributed by atoms with Crippen LogP contribution in [-0.4, -0.2) is 24.7 Å². The van der Waals surface area contributed by atoms with Gasteiger partial charge in [-0.05, 0) is 25.1 Å². The summed E-state index contributed by atoms with van der Waals surface area (Å²) in [5.74, 6) is 0.115. The maximum Gasteiger partial charge on any atom is 0.256 e. The van der Waals surface area contributed by atoms with Gasteiger partial charge in [-0.3, -0.25) is 4.79 Å². The Bertz CT molecular complexity index is 441. The van der Waals surface area contributed by atoms with Gasteiger partial charge in [0, 0.05) is 6.54 Å². The van der Waals surface area contributed by atoms with E-state index < -0.39 is 0 Å². The van der Waals surface area contributed by atoms with E-state index in [0.717, 1.165) is 30.9 Å². The van der Waals surface area contributed by atoms with Crippen LogP contribution in [0.3, 0.4) is 0 Å². The maximum absolute atomic E-state index is 12.1. The summed E-state index contributed by atoms with van der Waals surface area (Å²) in [6.45, 7) is 1.64. The number of hydrazone groups is 1. The Hall–Kier alpha value is -1.68. The van der Waals surface area contributed by atoms with Gasteiger partial charge in [0.25, 0.3) is 5.91 Å². The molecule has 2 heterocycles. The van der Waals surface area contributed by atoms with Crippen LogP contribution in [0.4, 0.5) is 5.69 Å². The molecule has 16 heavy (non-hydrogen) atoms. The Balaban J connectivity index is 1.93. The molecule has 0 bridgehead atoms. The zero-order valence-electron chi connectivity index (χ0n) is 8.89. The first-order chi connectivity index (χ1) is 7.86. The Morgan fingerprint density at radius 2 is 2.12 bits per heavy atom. The fraction of sp³-hybridized carbons (Fsp3) is 0.333. The number of para-hydroxylation sites is 1. The number of anilines is 1. The topological polar surface area (TPSA) is 44.7 Å². The standard InChI is InChI=1S/C12H13N3O/c16-12-10-6-7-13-8-11(10)14-15(12)9-4-2-1-3-5-9/h1-5,10,13H,6-8H2/t10-/m0/s1. The second-order valence-electron chi connectivity index (χ2n) is 4.09. The van der Waals surface area contributed by atoms with Crippen molar-refractivity contribution < 1.29 is 4.79 Å². The molecule has 0 aromatic heterocycles. The van der Waals surface area contributed by atoms with Crippen molar-refractivity contribution in [2.45, 2.75) is 6.42 Å². The summed E-state index contributed by atoms with van der Waals surface area (Å²) in [6, 6.07) is 9.59. The number of nitrogens with zero attached hydrogens (tertiary/aromatic N) is 2. The van der Waals surface area contributed by atoms with Gasteiger partial charge in [-0.15, -0.1) is 0 Å². The number of benzene rings is 1. The first kappa shape index (κ1) is 9.54. The minimum Gasteiger partial charge on any atom is -0.311 e. The third kappa shape index (κ3) is 1.42. The number of rotatable bonds is 1. The van der Waals surface area contributed by atoms with Crippen LogP contribution in [0.25, 0.3) is 0 Å². The molecule has 0 saturated carbocycles. The summed E-state index contributed by atoms with van der Waals surface area (Å²) in [7, 11) is 0. The van der Waals surface area contributed by atoms with Gasteiger partial charge in [0.1, 0.15) is 0 Å². The monoisotopic (exact) mass is 215 g/mol. The van der Waals surface area contributed by atoms with E-state index in [1.807, 2.05) is 30.3 Å². The van der Waals surface area contributed by atoms with Crippen LogP contribution >= 0.6 is 0 Å². The second-order valence-corrected chi connectivity index (χ2v) is 4.09. The number of carbonyl (C=O) groups excluding carboxylic acids is 1. The fourth-order valence-electron chi connectivity index (χ4n) is 2.20. The van der Waals surface area contributed by atoms with Crippen molar-refractivity contribution in [1.82, 2.24) is 5.32 Å². The minimum atomic E-state index is 0.00135. The Kier molecular flexibility index (Phi) is 2.22. The number of piperidine rings is 1. The zero-order valence-corrected chi connectivity index (χ0v) is 8.89. The SMILES string of the molecule is O=C1[C@H]2CCNCC2=NN1c1ccccc1. The predicted octanol–water partition coefficient (Wildman–Crippen LogP) is 0.999. The molecule has 0 unspecified atom stereocenters. The molecule has 82 valence electrons. The Morgan fingerprint density at radius 3 is 2.88 bits per heavy atom. The summed E-state index contributed by atoms with van der Waals surface area (Å²) in [5, 5.41) is 9.17. The number of hydrogen-bond acceptors (Lipinski definition) is 3. The number of nitrogens with one attached hydrogen (secondary N) is 1. The van der Waals surface area contributed by atoms with Crippen molar-refractivity contribution in [2.24, 2.45) is 11.0 Å². The number of hydrogen-bond donors (Lipinski definition) is 1. The van der Waals surface area contributed by atoms with Crippen LogP contribution in [0, 0.1) is 5.92 Å². The Morgan fingerprint density at radius 1 is 1.31 bits per heavy atom. The van der Waals surface area contributed by atoms with Crippen LogP contribution in [-0.2, 0) is 4.79 Å². The summed E-state index contributed by atoms with van der Waals surface area (Å²) in [6.07, 6.45) is 0.862. The first-order valence-electron chi connectivity index (χ1n) is 5.53. The third-order valence-corrected chi connectivity index (χ3v) is 3.05. The van der Waals surface area contributed by atoms with Gasteiger partial charge in [-0.1, -0.05) is 18.2 Å². The molecule has 1 amide bonds. The van der Waals surface area contributed by atoms with Gasteiger partial charge < -0.3 is 5.32 Å². The number of carbonyl (C=O) groups is 1. The smallest absolute Gasteiger partial charge is 0.256 e. The molecule has 1 aromatic rings. The minimum absolute atomic E-state index is 0.00135. The highest BCUT2D eigenvalue weighted by atomic mass is 16.2. The van der Waals surface area contributed by atoms with Gasteiger partial charge >= 0.3 is 0 Å². The molecular weight excluding hydrogens is 202 g/mol. The van der Waals surface area contributed by atoms with E-state index in [9.17, 15) is 4.79 Å². The first-order valence-corrected chi connectivity index (χ1v) is 5.53. The van der Waals surface area contributed by atoms with Crippen LogP contribution in [0.1, 0.15) is 6.42 Å². The van der Waals surface area contributed by atoms with Crippen LogP contribution in [0.2, 0.25) is 0 Å². The van der Waals surface area contributed by atoms with E-state index in [0.29, 0.717) is 0 Å². The molecule has 1 saturated heterocycles. The fourth-order valence-corrected chi connectivity index (χ4v) is 2.20. The average molecular weight is 215 g/mol. The van der Waals surface area contributed by atoms with E-state index in [1.54, 1.807) is 0 Å². The van der Waals surface area contributed by atoms with Crippen molar-refractivity contribution in [1.29, 1.82) is 0 Å². The molecule has 0 radical (unpaired) electrons. The van der Waals surface area contributed by atoms with Crippen LogP contribution in [0.5, 0.6) is 0 Å². The maximum atomic E-state index is 12.1. The molecule has 0 spiro atoms. The van der Waals surface area contributed by atoms with Crippen molar-refractivity contribution in [3.63, 3.8) is 0 Å². The molecule has 1 atom stereocenters. The lowest BCUT2D eigenvalue weighted by Crippen LogP contribution is -2.38. The van der Waals surface area contributed by atoms with Crippen LogP contribution in [0.15, 0.2) is 35.4 Å².